The first-order valence-electron chi connectivity index (χ1n) is 6.68. The number of anilines is 1. The van der Waals surface area contributed by atoms with E-state index >= 15 is 0 Å². The predicted molar refractivity (Wildman–Crippen MR) is 83.4 cm³/mol. The van der Waals surface area contributed by atoms with Crippen molar-refractivity contribution < 1.29 is 9.26 Å². The van der Waals surface area contributed by atoms with Gasteiger partial charge in [-0.15, -0.1) is 0 Å². The summed E-state index contributed by atoms with van der Waals surface area (Å²) in [5.41, 5.74) is 1.55. The lowest BCUT2D eigenvalue weighted by molar-refractivity contribution is 0.122. The van der Waals surface area contributed by atoms with E-state index in [4.69, 9.17) is 20.9 Å². The molecule has 1 aliphatic heterocycles. The van der Waals surface area contributed by atoms with Crippen molar-refractivity contribution in [1.29, 1.82) is 0 Å². The maximum atomic E-state index is 6.08. The highest BCUT2D eigenvalue weighted by Crippen LogP contribution is 2.28. The lowest BCUT2D eigenvalue weighted by atomic mass is 10.4. The Bertz CT molecular complexity index is 644. The van der Waals surface area contributed by atoms with Gasteiger partial charge < -0.3 is 18.7 Å². The Labute approximate surface area is 129 Å². The highest BCUT2D eigenvalue weighted by atomic mass is 35.5. The predicted octanol–water partition coefficient (Wildman–Crippen LogP) is 1.59. The van der Waals surface area contributed by atoms with Gasteiger partial charge in [0, 0.05) is 42.2 Å². The summed E-state index contributed by atoms with van der Waals surface area (Å²) in [6, 6.07) is 0. The molecular weight excluding hydrogens is 313 g/mol. The van der Waals surface area contributed by atoms with E-state index in [1.807, 2.05) is 11.6 Å². The molecule has 0 radical (unpaired) electrons. The van der Waals surface area contributed by atoms with Gasteiger partial charge in [-0.25, -0.2) is 4.98 Å². The van der Waals surface area contributed by atoms with Gasteiger partial charge in [-0.1, -0.05) is 0 Å². The second-order valence-electron chi connectivity index (χ2n) is 4.70. The molecule has 114 valence electrons. The summed E-state index contributed by atoms with van der Waals surface area (Å²) < 4.78 is 12.5. The quantitative estimate of drug-likeness (QED) is 0.627. The van der Waals surface area contributed by atoms with E-state index < -0.39 is 0 Å². The lowest BCUT2D eigenvalue weighted by Gasteiger charge is -2.27. The maximum absolute atomic E-state index is 6.08. The lowest BCUT2D eigenvalue weighted by Crippen LogP contribution is -2.37. The number of imidazole rings is 1. The van der Waals surface area contributed by atoms with Gasteiger partial charge in [0.2, 0.25) is 5.28 Å². The number of halogens is 1. The molecule has 2 aromatic rings. The third kappa shape index (κ3) is 2.97. The van der Waals surface area contributed by atoms with Crippen molar-refractivity contribution in [2.45, 2.75) is 6.16 Å². The summed E-state index contributed by atoms with van der Waals surface area (Å²) in [4.78, 5) is 15.5. The Morgan fingerprint density at radius 3 is 2.76 bits per heavy atom. The number of aryl methyl sites for hydroxylation is 1. The third-order valence-corrected chi connectivity index (χ3v) is 4.37. The highest BCUT2D eigenvalue weighted by molar-refractivity contribution is 7.31. The molecule has 0 aromatic carbocycles. The summed E-state index contributed by atoms with van der Waals surface area (Å²) in [5.74, 6) is 1.71. The van der Waals surface area contributed by atoms with Gasteiger partial charge in [-0.05, 0) is 11.6 Å². The number of morpholine rings is 1. The Morgan fingerprint density at radius 2 is 2.05 bits per heavy atom. The minimum Gasteiger partial charge on any atom is -0.378 e. The summed E-state index contributed by atoms with van der Waals surface area (Å²) >= 11 is 6.08. The smallest absolute Gasteiger partial charge is 0.226 e. The van der Waals surface area contributed by atoms with E-state index in [0.717, 1.165) is 42.1 Å². The first-order valence-corrected chi connectivity index (χ1v) is 8.17. The Kier molecular flexibility index (Phi) is 4.54. The molecule has 0 saturated carbocycles. The minimum absolute atomic E-state index is 0.243. The van der Waals surface area contributed by atoms with Crippen LogP contribution in [0.5, 0.6) is 0 Å². The Morgan fingerprint density at radius 1 is 1.29 bits per heavy atom. The van der Waals surface area contributed by atoms with E-state index in [2.05, 4.69) is 19.9 Å². The third-order valence-electron chi connectivity index (χ3n) is 3.45. The number of ether oxygens (including phenoxy) is 1. The van der Waals surface area contributed by atoms with E-state index in [1.54, 1.807) is 7.11 Å². The largest absolute Gasteiger partial charge is 0.378 e. The SMILES string of the molecule is COPCc1nc2c(N3CCOCC3)nc(Cl)nc2n1C. The molecule has 0 amide bonds. The van der Waals surface area contributed by atoms with Crippen molar-refractivity contribution in [3.8, 4) is 0 Å². The van der Waals surface area contributed by atoms with Crippen molar-refractivity contribution in [1.82, 2.24) is 19.5 Å². The van der Waals surface area contributed by atoms with Gasteiger partial charge in [-0.3, -0.25) is 0 Å². The molecule has 1 aliphatic rings. The molecule has 7 nitrogen and oxygen atoms in total. The van der Waals surface area contributed by atoms with Crippen LogP contribution in [0.25, 0.3) is 11.2 Å². The highest BCUT2D eigenvalue weighted by Gasteiger charge is 2.21. The number of fused-ring (bicyclic) bond motifs is 1. The van der Waals surface area contributed by atoms with Crippen LogP contribution < -0.4 is 4.90 Å². The zero-order valence-electron chi connectivity index (χ0n) is 12.0. The molecular formula is C12H17ClN5O2P. The molecule has 0 aliphatic carbocycles. The van der Waals surface area contributed by atoms with Gasteiger partial charge >= 0.3 is 0 Å². The standard InChI is InChI=1S/C12H17ClN5O2P/c1-17-8(7-21-19-2)14-9-10(17)15-12(13)16-11(9)18-3-5-20-6-4-18/h21H,3-7H2,1-2H3. The van der Waals surface area contributed by atoms with Crippen LogP contribution in [0.1, 0.15) is 5.82 Å². The van der Waals surface area contributed by atoms with Gasteiger partial charge in [-0.2, -0.15) is 9.97 Å². The van der Waals surface area contributed by atoms with Crippen LogP contribution in [0.3, 0.4) is 0 Å². The van der Waals surface area contributed by atoms with Crippen LogP contribution in [0.4, 0.5) is 5.82 Å². The normalized spacial score (nSPS) is 16.4. The summed E-state index contributed by atoms with van der Waals surface area (Å²) in [5, 5.41) is 0.243. The fourth-order valence-corrected chi connectivity index (χ4v) is 3.11. The molecule has 0 spiro atoms. The molecule has 3 heterocycles. The summed E-state index contributed by atoms with van der Waals surface area (Å²) in [7, 11) is 4.01. The topological polar surface area (TPSA) is 65.3 Å². The number of nitrogens with zero attached hydrogens (tertiary/aromatic N) is 5. The van der Waals surface area contributed by atoms with E-state index in [-0.39, 0.29) is 5.28 Å². The number of aromatic nitrogens is 4. The van der Waals surface area contributed by atoms with Gasteiger partial charge in [0.1, 0.15) is 5.82 Å². The number of hydrogen-bond acceptors (Lipinski definition) is 6. The summed E-state index contributed by atoms with van der Waals surface area (Å²) in [6.45, 7) is 2.95. The van der Waals surface area contributed by atoms with Gasteiger partial charge in [0.05, 0.1) is 13.2 Å². The van der Waals surface area contributed by atoms with Crippen molar-refractivity contribution in [2.75, 3.05) is 38.3 Å². The average molecular weight is 330 g/mol. The van der Waals surface area contributed by atoms with Gasteiger partial charge in [0.25, 0.3) is 0 Å². The van der Waals surface area contributed by atoms with Crippen LogP contribution in [0, 0.1) is 0 Å². The fourth-order valence-electron chi connectivity index (χ4n) is 2.36. The molecule has 3 rings (SSSR count). The van der Waals surface area contributed by atoms with E-state index in [0.29, 0.717) is 22.0 Å². The Balaban J connectivity index is 2.06. The van der Waals surface area contributed by atoms with Crippen LogP contribution in [-0.4, -0.2) is 52.9 Å². The van der Waals surface area contributed by atoms with Gasteiger partial charge in [0.15, 0.2) is 17.0 Å². The van der Waals surface area contributed by atoms with Crippen molar-refractivity contribution in [2.24, 2.45) is 7.05 Å². The van der Waals surface area contributed by atoms with E-state index in [9.17, 15) is 0 Å². The zero-order valence-corrected chi connectivity index (χ0v) is 13.7. The molecule has 0 N–H and O–H groups in total. The molecule has 21 heavy (non-hydrogen) atoms. The number of rotatable bonds is 4. The van der Waals surface area contributed by atoms with E-state index in [1.165, 1.54) is 0 Å². The maximum Gasteiger partial charge on any atom is 0.226 e. The van der Waals surface area contributed by atoms with Crippen LogP contribution in [0.15, 0.2) is 0 Å². The van der Waals surface area contributed by atoms with Crippen LogP contribution in [0.2, 0.25) is 5.28 Å². The first-order chi connectivity index (χ1) is 10.2. The molecule has 1 saturated heterocycles. The van der Waals surface area contributed by atoms with Crippen LogP contribution in [-0.2, 0) is 22.5 Å². The number of hydrogen-bond donors (Lipinski definition) is 0. The molecule has 2 aromatic heterocycles. The molecule has 1 fully saturated rings. The molecule has 9 heteroatoms. The van der Waals surface area contributed by atoms with Crippen molar-refractivity contribution in [3.05, 3.63) is 11.1 Å². The second-order valence-corrected chi connectivity index (χ2v) is 6.09. The van der Waals surface area contributed by atoms with Crippen molar-refractivity contribution in [3.63, 3.8) is 0 Å². The second kappa shape index (κ2) is 6.40. The first kappa shape index (κ1) is 14.9. The van der Waals surface area contributed by atoms with Crippen LogP contribution >= 0.6 is 20.4 Å². The molecule has 0 bridgehead atoms. The minimum atomic E-state index is 0.243. The molecule has 1 unspecified atom stereocenters. The monoisotopic (exact) mass is 329 g/mol. The fraction of sp³-hybridized carbons (Fsp3) is 0.583. The average Bonchev–Trinajstić information content (AvgIpc) is 2.82. The Hall–Kier alpha value is -1.01. The molecule has 1 atom stereocenters. The summed E-state index contributed by atoms with van der Waals surface area (Å²) in [6.07, 6.45) is 0.754. The zero-order chi connectivity index (χ0) is 14.8. The van der Waals surface area contributed by atoms with Crippen molar-refractivity contribution >= 4 is 37.4 Å².